The molecule has 0 aliphatic rings. The number of furan rings is 1. The van der Waals surface area contributed by atoms with Crippen molar-refractivity contribution in [1.29, 1.82) is 0 Å². The molecular weight excluding hydrogens is 380 g/mol. The number of hydrogen-bond donors (Lipinski definition) is 1. The van der Waals surface area contributed by atoms with E-state index in [9.17, 15) is 9.59 Å². The van der Waals surface area contributed by atoms with Gasteiger partial charge in [-0.3, -0.25) is 4.79 Å². The fourth-order valence-corrected chi connectivity index (χ4v) is 3.83. The molecule has 1 aromatic carbocycles. The summed E-state index contributed by atoms with van der Waals surface area (Å²) in [7, 11) is 0. The van der Waals surface area contributed by atoms with Crippen molar-refractivity contribution in [3.8, 4) is 0 Å². The zero-order valence-corrected chi connectivity index (χ0v) is 17.8. The van der Waals surface area contributed by atoms with E-state index in [0.29, 0.717) is 23.4 Å². The highest BCUT2D eigenvalue weighted by Gasteiger charge is 2.19. The highest BCUT2D eigenvalue weighted by Crippen LogP contribution is 2.34. The van der Waals surface area contributed by atoms with Gasteiger partial charge in [-0.25, -0.2) is 9.78 Å². The van der Waals surface area contributed by atoms with E-state index >= 15 is 0 Å². The Labute approximate surface area is 173 Å². The molecule has 1 N–H and O–H groups in total. The van der Waals surface area contributed by atoms with E-state index in [4.69, 9.17) is 8.83 Å². The van der Waals surface area contributed by atoms with Gasteiger partial charge in [-0.15, -0.1) is 0 Å². The molecule has 4 aromatic rings. The average Bonchev–Trinajstić information content (AvgIpc) is 2.99. The number of carbonyl (C=O) groups is 1. The molecule has 0 aliphatic carbocycles. The summed E-state index contributed by atoms with van der Waals surface area (Å²) >= 11 is 0. The first kappa shape index (κ1) is 19.9. The second-order valence-corrected chi connectivity index (χ2v) is 7.75. The Hall–Kier alpha value is -3.41. The Bertz CT molecular complexity index is 1360. The Morgan fingerprint density at radius 1 is 1.00 bits per heavy atom. The number of nitrogens with zero attached hydrogens (tertiary/aromatic N) is 1. The van der Waals surface area contributed by atoms with Gasteiger partial charge < -0.3 is 14.2 Å². The van der Waals surface area contributed by atoms with Crippen LogP contribution in [0.15, 0.2) is 38.0 Å². The number of aromatic nitrogens is 1. The van der Waals surface area contributed by atoms with Crippen LogP contribution in [0.25, 0.3) is 21.9 Å². The van der Waals surface area contributed by atoms with Gasteiger partial charge in [0.15, 0.2) is 0 Å². The summed E-state index contributed by atoms with van der Waals surface area (Å²) in [6.45, 7) is 9.63. The first-order valence-electron chi connectivity index (χ1n) is 9.95. The van der Waals surface area contributed by atoms with Crippen molar-refractivity contribution >= 4 is 33.7 Å². The lowest BCUT2D eigenvalue weighted by atomic mass is 9.98. The predicted octanol–water partition coefficient (Wildman–Crippen LogP) is 5.05. The summed E-state index contributed by atoms with van der Waals surface area (Å²) in [5.74, 6) is 1.20. The topological polar surface area (TPSA) is 85.3 Å². The number of hydrogen-bond acceptors (Lipinski definition) is 5. The fraction of sp³-hybridized carbons (Fsp3) is 0.292. The Morgan fingerprint density at radius 3 is 2.43 bits per heavy atom. The van der Waals surface area contributed by atoms with Crippen molar-refractivity contribution in [3.05, 3.63) is 68.4 Å². The number of aryl methyl sites for hydroxylation is 5. The third-order valence-electron chi connectivity index (χ3n) is 5.81. The Balaban J connectivity index is 1.68. The minimum absolute atomic E-state index is 0.165. The molecule has 0 aliphatic heterocycles. The minimum Gasteiger partial charge on any atom is -0.461 e. The van der Waals surface area contributed by atoms with Gasteiger partial charge in [0.25, 0.3) is 0 Å². The second-order valence-electron chi connectivity index (χ2n) is 7.75. The van der Waals surface area contributed by atoms with E-state index in [1.807, 2.05) is 52.8 Å². The highest BCUT2D eigenvalue weighted by atomic mass is 16.4. The molecule has 0 atom stereocenters. The maximum atomic E-state index is 12.7. The lowest BCUT2D eigenvalue weighted by Gasteiger charge is -2.10. The van der Waals surface area contributed by atoms with Crippen molar-refractivity contribution in [2.24, 2.45) is 0 Å². The molecule has 3 aromatic heterocycles. The predicted molar refractivity (Wildman–Crippen MR) is 117 cm³/mol. The summed E-state index contributed by atoms with van der Waals surface area (Å²) in [4.78, 5) is 29.3. The first-order valence-corrected chi connectivity index (χ1v) is 9.95. The molecule has 0 fully saturated rings. The standard InChI is InChI=1S/C24H24N2O4/c1-12-7-6-10-25-23(12)26-20(27)9-8-17-14(3)19-11-18-13(2)16(5)29-21(18)15(4)22(19)30-24(17)28/h6-7,10-11H,8-9H2,1-5H3,(H,25,26,27). The summed E-state index contributed by atoms with van der Waals surface area (Å²) in [5, 5.41) is 4.70. The van der Waals surface area contributed by atoms with Crippen molar-refractivity contribution in [2.45, 2.75) is 47.5 Å². The smallest absolute Gasteiger partial charge is 0.339 e. The summed E-state index contributed by atoms with van der Waals surface area (Å²) in [6, 6.07) is 5.72. The molecule has 30 heavy (non-hydrogen) atoms. The number of amides is 1. The van der Waals surface area contributed by atoms with Crippen molar-refractivity contribution in [3.63, 3.8) is 0 Å². The number of anilines is 1. The van der Waals surface area contributed by atoms with Gasteiger partial charge in [-0.05, 0) is 69.9 Å². The van der Waals surface area contributed by atoms with E-state index in [-0.39, 0.29) is 12.3 Å². The third-order valence-corrected chi connectivity index (χ3v) is 5.81. The molecular formula is C24H24N2O4. The molecule has 1 amide bonds. The van der Waals surface area contributed by atoms with Crippen LogP contribution in [0.2, 0.25) is 0 Å². The maximum Gasteiger partial charge on any atom is 0.339 e. The van der Waals surface area contributed by atoms with E-state index in [1.54, 1.807) is 6.20 Å². The van der Waals surface area contributed by atoms with Crippen LogP contribution in [0.1, 0.15) is 40.0 Å². The van der Waals surface area contributed by atoms with Crippen molar-refractivity contribution < 1.29 is 13.6 Å². The van der Waals surface area contributed by atoms with Crippen LogP contribution >= 0.6 is 0 Å². The number of carbonyl (C=O) groups excluding carboxylic acids is 1. The molecule has 0 saturated carbocycles. The first-order chi connectivity index (χ1) is 14.3. The number of pyridine rings is 1. The molecule has 0 radical (unpaired) electrons. The summed E-state index contributed by atoms with van der Waals surface area (Å²) in [5.41, 5.74) is 5.01. The van der Waals surface area contributed by atoms with Gasteiger partial charge >= 0.3 is 5.63 Å². The SMILES string of the molecule is Cc1cccnc1NC(=O)CCc1c(C)c2cc3c(C)c(C)oc3c(C)c2oc1=O. The molecule has 0 unspecified atom stereocenters. The molecule has 0 spiro atoms. The average molecular weight is 404 g/mol. The Morgan fingerprint density at radius 2 is 1.70 bits per heavy atom. The third kappa shape index (κ3) is 3.28. The molecule has 0 bridgehead atoms. The molecule has 3 heterocycles. The van der Waals surface area contributed by atoms with Gasteiger partial charge in [0.05, 0.1) is 0 Å². The minimum atomic E-state index is -0.413. The lowest BCUT2D eigenvalue weighted by molar-refractivity contribution is -0.116. The van der Waals surface area contributed by atoms with Crippen LogP contribution in [-0.2, 0) is 11.2 Å². The monoisotopic (exact) mass is 404 g/mol. The van der Waals surface area contributed by atoms with Crippen LogP contribution in [-0.4, -0.2) is 10.9 Å². The number of nitrogens with one attached hydrogen (secondary N) is 1. The van der Waals surface area contributed by atoms with Gasteiger partial charge in [-0.2, -0.15) is 0 Å². The zero-order valence-electron chi connectivity index (χ0n) is 17.8. The molecule has 154 valence electrons. The van der Waals surface area contributed by atoms with Crippen LogP contribution in [0.5, 0.6) is 0 Å². The van der Waals surface area contributed by atoms with E-state index < -0.39 is 5.63 Å². The molecule has 4 rings (SSSR count). The van der Waals surface area contributed by atoms with E-state index in [2.05, 4.69) is 10.3 Å². The summed E-state index contributed by atoms with van der Waals surface area (Å²) in [6.07, 6.45) is 2.09. The van der Waals surface area contributed by atoms with E-state index in [1.165, 1.54) is 0 Å². The van der Waals surface area contributed by atoms with Crippen LogP contribution in [0.4, 0.5) is 5.82 Å². The normalized spacial score (nSPS) is 11.4. The van der Waals surface area contributed by atoms with Gasteiger partial charge in [0, 0.05) is 34.5 Å². The lowest BCUT2D eigenvalue weighted by Crippen LogP contribution is -2.17. The maximum absolute atomic E-state index is 12.7. The van der Waals surface area contributed by atoms with Gasteiger partial charge in [0.1, 0.15) is 22.7 Å². The van der Waals surface area contributed by atoms with Crippen LogP contribution in [0.3, 0.4) is 0 Å². The largest absolute Gasteiger partial charge is 0.461 e. The number of fused-ring (bicyclic) bond motifs is 2. The number of benzene rings is 1. The second kappa shape index (κ2) is 7.44. The van der Waals surface area contributed by atoms with Crippen LogP contribution < -0.4 is 10.9 Å². The van der Waals surface area contributed by atoms with Gasteiger partial charge in [0.2, 0.25) is 5.91 Å². The summed E-state index contributed by atoms with van der Waals surface area (Å²) < 4.78 is 11.5. The van der Waals surface area contributed by atoms with Crippen LogP contribution in [0, 0.1) is 34.6 Å². The zero-order chi connectivity index (χ0) is 21.6. The highest BCUT2D eigenvalue weighted by molar-refractivity contribution is 6.00. The fourth-order valence-electron chi connectivity index (χ4n) is 3.83. The molecule has 6 nitrogen and oxygen atoms in total. The molecule has 6 heteroatoms. The van der Waals surface area contributed by atoms with E-state index in [0.717, 1.165) is 44.4 Å². The number of rotatable bonds is 4. The van der Waals surface area contributed by atoms with Crippen molar-refractivity contribution in [2.75, 3.05) is 5.32 Å². The molecule has 0 saturated heterocycles. The van der Waals surface area contributed by atoms with Crippen molar-refractivity contribution in [1.82, 2.24) is 4.98 Å². The quantitative estimate of drug-likeness (QED) is 0.481. The van der Waals surface area contributed by atoms with Gasteiger partial charge in [-0.1, -0.05) is 6.07 Å². The Kier molecular flexibility index (Phi) is 4.94.